The van der Waals surface area contributed by atoms with Gasteiger partial charge in [-0.05, 0) is 69.8 Å². The predicted molar refractivity (Wildman–Crippen MR) is 131 cm³/mol. The molecular weight excluding hydrogens is 360 g/mol. The Morgan fingerprint density at radius 2 is 1.10 bits per heavy atom. The van der Waals surface area contributed by atoms with Crippen molar-refractivity contribution in [1.29, 1.82) is 0 Å². The molecule has 0 saturated heterocycles. The Morgan fingerprint density at radius 3 is 1.83 bits per heavy atom. The maximum Gasteiger partial charge on any atom is -0.00701 e. The molecule has 0 saturated carbocycles. The first kappa shape index (κ1) is 18.9. The van der Waals surface area contributed by atoms with E-state index in [4.69, 9.17) is 0 Å². The van der Waals surface area contributed by atoms with Crippen molar-refractivity contribution >= 4 is 22.9 Å². The summed E-state index contributed by atoms with van der Waals surface area (Å²) in [7, 11) is 0. The van der Waals surface area contributed by atoms with Crippen LogP contribution in [0.25, 0.3) is 34.1 Å². The second kappa shape index (κ2) is 8.71. The first-order chi connectivity index (χ1) is 14.9. The molecule has 148 valence electrons. The molecule has 30 heavy (non-hydrogen) atoms. The first-order valence-corrected chi connectivity index (χ1v) is 11.3. The van der Waals surface area contributed by atoms with Gasteiger partial charge in [0.15, 0.2) is 0 Å². The van der Waals surface area contributed by atoms with Crippen molar-refractivity contribution in [3.8, 4) is 11.1 Å². The molecule has 0 unspecified atom stereocenters. The van der Waals surface area contributed by atoms with E-state index in [1.165, 1.54) is 71.6 Å². The number of fused-ring (bicyclic) bond motifs is 2. The highest BCUT2D eigenvalue weighted by Gasteiger charge is 2.19. The van der Waals surface area contributed by atoms with Crippen molar-refractivity contribution in [1.82, 2.24) is 0 Å². The van der Waals surface area contributed by atoms with E-state index in [1.807, 2.05) is 0 Å². The van der Waals surface area contributed by atoms with E-state index >= 15 is 0 Å². The Morgan fingerprint density at radius 1 is 0.500 bits per heavy atom. The van der Waals surface area contributed by atoms with E-state index in [-0.39, 0.29) is 0 Å². The second-order valence-corrected chi connectivity index (χ2v) is 8.32. The van der Waals surface area contributed by atoms with Crippen LogP contribution in [-0.2, 0) is 12.8 Å². The second-order valence-electron chi connectivity index (χ2n) is 8.32. The van der Waals surface area contributed by atoms with Gasteiger partial charge in [0.25, 0.3) is 0 Å². The van der Waals surface area contributed by atoms with Crippen molar-refractivity contribution in [3.05, 3.63) is 107 Å². The highest BCUT2D eigenvalue weighted by molar-refractivity contribution is 6.05. The third-order valence-corrected chi connectivity index (χ3v) is 6.39. The molecule has 0 fully saturated rings. The van der Waals surface area contributed by atoms with Gasteiger partial charge < -0.3 is 0 Å². The van der Waals surface area contributed by atoms with Gasteiger partial charge in [-0.1, -0.05) is 110 Å². The Labute approximate surface area is 179 Å². The lowest BCUT2D eigenvalue weighted by Gasteiger charge is -2.23. The normalized spacial score (nSPS) is 14.4. The molecule has 0 bridgehead atoms. The lowest BCUT2D eigenvalue weighted by atomic mass is 9.81. The van der Waals surface area contributed by atoms with Crippen LogP contribution in [0.5, 0.6) is 0 Å². The molecule has 0 amide bonds. The molecule has 0 heteroatoms. The highest BCUT2D eigenvalue weighted by atomic mass is 14.2. The largest absolute Gasteiger partial charge is 0.0622 e. The molecule has 4 aromatic rings. The van der Waals surface area contributed by atoms with Crippen molar-refractivity contribution in [2.24, 2.45) is 0 Å². The zero-order valence-electron chi connectivity index (χ0n) is 17.5. The summed E-state index contributed by atoms with van der Waals surface area (Å²) in [6.07, 6.45) is 12.3. The molecule has 4 aromatic carbocycles. The van der Waals surface area contributed by atoms with Crippen LogP contribution in [0.1, 0.15) is 47.9 Å². The van der Waals surface area contributed by atoms with E-state index in [2.05, 4.69) is 97.1 Å². The fourth-order valence-corrected chi connectivity index (χ4v) is 4.96. The number of hydrogen-bond acceptors (Lipinski definition) is 0. The van der Waals surface area contributed by atoms with Crippen LogP contribution < -0.4 is 0 Å². The van der Waals surface area contributed by atoms with Crippen molar-refractivity contribution < 1.29 is 0 Å². The lowest BCUT2D eigenvalue weighted by Crippen LogP contribution is -2.06. The minimum atomic E-state index is 1.18. The van der Waals surface area contributed by atoms with Gasteiger partial charge in [0.1, 0.15) is 0 Å². The fourth-order valence-electron chi connectivity index (χ4n) is 4.96. The maximum atomic E-state index is 2.37. The number of rotatable bonds is 3. The summed E-state index contributed by atoms with van der Waals surface area (Å²) in [5.74, 6) is 0. The Balaban J connectivity index is 1.80. The molecule has 5 rings (SSSR count). The molecule has 0 atom stereocenters. The third-order valence-electron chi connectivity index (χ3n) is 6.39. The standard InChI is InChI=1S/C30H28/c1-2-10-19-28-25(17-9-1)27(22-21-23-13-5-3-6-14-23)26-18-11-12-20-29(26)30(28)24-15-7-4-8-16-24/h3-8,11-16,18,20-22H,1-2,9-10,17,19H2/b22-21+. The van der Waals surface area contributed by atoms with E-state index in [0.717, 1.165) is 0 Å². The zero-order chi connectivity index (χ0) is 20.2. The van der Waals surface area contributed by atoms with E-state index < -0.39 is 0 Å². The number of benzene rings is 4. The van der Waals surface area contributed by atoms with Crippen molar-refractivity contribution in [2.75, 3.05) is 0 Å². The van der Waals surface area contributed by atoms with Gasteiger partial charge in [0.2, 0.25) is 0 Å². The molecule has 1 aliphatic carbocycles. The van der Waals surface area contributed by atoms with Gasteiger partial charge in [-0.25, -0.2) is 0 Å². The molecule has 0 nitrogen and oxygen atoms in total. The third kappa shape index (κ3) is 3.71. The Bertz CT molecular complexity index is 1170. The maximum absolute atomic E-state index is 2.37. The molecule has 0 heterocycles. The average Bonchev–Trinajstić information content (AvgIpc) is 2.79. The minimum Gasteiger partial charge on any atom is -0.0622 e. The van der Waals surface area contributed by atoms with Gasteiger partial charge >= 0.3 is 0 Å². The van der Waals surface area contributed by atoms with Crippen LogP contribution in [-0.4, -0.2) is 0 Å². The van der Waals surface area contributed by atoms with Crippen LogP contribution in [0.4, 0.5) is 0 Å². The summed E-state index contributed by atoms with van der Waals surface area (Å²) < 4.78 is 0. The van der Waals surface area contributed by atoms with Crippen LogP contribution in [0.3, 0.4) is 0 Å². The van der Waals surface area contributed by atoms with Gasteiger partial charge in [-0.15, -0.1) is 0 Å². The smallest absolute Gasteiger partial charge is 0.00701 e. The van der Waals surface area contributed by atoms with Crippen LogP contribution >= 0.6 is 0 Å². The summed E-state index contributed by atoms with van der Waals surface area (Å²) in [5, 5.41) is 2.76. The molecule has 0 N–H and O–H groups in total. The molecule has 0 radical (unpaired) electrons. The van der Waals surface area contributed by atoms with E-state index in [9.17, 15) is 0 Å². The number of hydrogen-bond donors (Lipinski definition) is 0. The average molecular weight is 389 g/mol. The molecule has 0 spiro atoms. The van der Waals surface area contributed by atoms with Crippen molar-refractivity contribution in [3.63, 3.8) is 0 Å². The van der Waals surface area contributed by atoms with Crippen LogP contribution in [0.15, 0.2) is 84.9 Å². The summed E-state index contributed by atoms with van der Waals surface area (Å²) in [6, 6.07) is 30.7. The molecule has 0 aliphatic heterocycles. The van der Waals surface area contributed by atoms with Gasteiger partial charge in [-0.3, -0.25) is 0 Å². The van der Waals surface area contributed by atoms with Gasteiger partial charge in [0.05, 0.1) is 0 Å². The van der Waals surface area contributed by atoms with E-state index in [0.29, 0.717) is 0 Å². The highest BCUT2D eigenvalue weighted by Crippen LogP contribution is 2.40. The Hall–Kier alpha value is -3.12. The molecular formula is C30H28. The summed E-state index contributed by atoms with van der Waals surface area (Å²) in [4.78, 5) is 0. The van der Waals surface area contributed by atoms with Crippen molar-refractivity contribution in [2.45, 2.75) is 38.5 Å². The lowest BCUT2D eigenvalue weighted by molar-refractivity contribution is 0.618. The summed E-state index contributed by atoms with van der Waals surface area (Å²) >= 11 is 0. The zero-order valence-corrected chi connectivity index (χ0v) is 17.5. The molecule has 0 aromatic heterocycles. The SMILES string of the molecule is C(=C\c1c2c(c(-c3ccccc3)c3ccccc13)CCCCCC2)/c1ccccc1. The van der Waals surface area contributed by atoms with Gasteiger partial charge in [0, 0.05) is 0 Å². The quantitative estimate of drug-likeness (QED) is 0.309. The van der Waals surface area contributed by atoms with Crippen LogP contribution in [0, 0.1) is 0 Å². The molecule has 1 aliphatic rings. The summed E-state index contributed by atoms with van der Waals surface area (Å²) in [5.41, 5.74) is 8.63. The Kier molecular flexibility index (Phi) is 5.48. The first-order valence-electron chi connectivity index (χ1n) is 11.3. The topological polar surface area (TPSA) is 0 Å². The van der Waals surface area contributed by atoms with E-state index in [1.54, 1.807) is 11.1 Å². The summed E-state index contributed by atoms with van der Waals surface area (Å²) in [6.45, 7) is 0. The monoisotopic (exact) mass is 388 g/mol. The minimum absolute atomic E-state index is 1.18. The van der Waals surface area contributed by atoms with Crippen LogP contribution in [0.2, 0.25) is 0 Å². The predicted octanol–water partition coefficient (Wildman–Crippen LogP) is 8.34. The van der Waals surface area contributed by atoms with Gasteiger partial charge in [-0.2, -0.15) is 0 Å². The fraction of sp³-hybridized carbons (Fsp3) is 0.200.